The van der Waals surface area contributed by atoms with Crippen molar-refractivity contribution in [3.05, 3.63) is 81.9 Å². The zero-order valence-corrected chi connectivity index (χ0v) is 20.2. The summed E-state index contributed by atoms with van der Waals surface area (Å²) in [6.45, 7) is 5.19. The van der Waals surface area contributed by atoms with Gasteiger partial charge in [-0.2, -0.15) is 0 Å². The van der Waals surface area contributed by atoms with E-state index in [4.69, 9.17) is 9.84 Å². The Balaban J connectivity index is 2.06. The van der Waals surface area contributed by atoms with Crippen molar-refractivity contribution in [3.8, 4) is 0 Å². The highest BCUT2D eigenvalue weighted by atomic mass is 16.6. The Bertz CT molecular complexity index is 1020. The fourth-order valence-electron chi connectivity index (χ4n) is 4.95. The maximum absolute atomic E-state index is 13.4. The zero-order chi connectivity index (χ0) is 25.6. The van der Waals surface area contributed by atoms with Crippen LogP contribution in [0.2, 0.25) is 0 Å². The van der Waals surface area contributed by atoms with Crippen molar-refractivity contribution in [1.82, 2.24) is 10.6 Å². The van der Waals surface area contributed by atoms with Gasteiger partial charge in [0.2, 0.25) is 11.9 Å². The van der Waals surface area contributed by atoms with E-state index in [1.54, 1.807) is 31.2 Å². The second kappa shape index (κ2) is 11.4. The van der Waals surface area contributed by atoms with Crippen molar-refractivity contribution in [3.63, 3.8) is 0 Å². The van der Waals surface area contributed by atoms with Crippen LogP contribution in [0.25, 0.3) is 0 Å². The predicted octanol–water partition coefficient (Wildman–Crippen LogP) is 3.18. The Morgan fingerprint density at radius 2 is 1.77 bits per heavy atom. The number of hydrogen-bond donors (Lipinski definition) is 3. The van der Waals surface area contributed by atoms with Crippen molar-refractivity contribution in [2.75, 3.05) is 6.54 Å². The summed E-state index contributed by atoms with van der Waals surface area (Å²) >= 11 is 0. The Labute approximate surface area is 205 Å². The van der Waals surface area contributed by atoms with E-state index in [0.29, 0.717) is 12.0 Å². The number of carboxylic acid groups (broad SMARTS) is 1. The highest BCUT2D eigenvalue weighted by Crippen LogP contribution is 2.45. The third kappa shape index (κ3) is 5.86. The molecule has 9 heteroatoms. The van der Waals surface area contributed by atoms with E-state index in [1.807, 2.05) is 50.2 Å². The molecule has 2 aromatic rings. The Morgan fingerprint density at radius 1 is 1.17 bits per heavy atom. The number of carbonyl (C=O) groups excluding carboxylic acids is 1. The Hall–Kier alpha value is -3.30. The molecule has 0 bridgehead atoms. The Morgan fingerprint density at radius 3 is 2.31 bits per heavy atom. The lowest BCUT2D eigenvalue weighted by molar-refractivity contribution is -0.536. The van der Waals surface area contributed by atoms with E-state index in [1.165, 1.54) is 0 Å². The third-order valence-electron chi connectivity index (χ3n) is 6.95. The maximum Gasteiger partial charge on any atom is 0.322 e. The van der Waals surface area contributed by atoms with Crippen LogP contribution in [0.3, 0.4) is 0 Å². The van der Waals surface area contributed by atoms with Crippen molar-refractivity contribution in [2.45, 2.75) is 57.5 Å². The molecule has 0 unspecified atom stereocenters. The first kappa shape index (κ1) is 26.3. The number of nitrogens with one attached hydrogen (secondary N) is 2. The van der Waals surface area contributed by atoms with Gasteiger partial charge in [0.25, 0.3) is 0 Å². The van der Waals surface area contributed by atoms with Crippen molar-refractivity contribution >= 4 is 11.9 Å². The molecule has 0 spiro atoms. The second-order valence-electron chi connectivity index (χ2n) is 9.26. The van der Waals surface area contributed by atoms with Crippen LogP contribution in [-0.2, 0) is 20.9 Å². The van der Waals surface area contributed by atoms with Crippen LogP contribution >= 0.6 is 0 Å². The minimum Gasteiger partial charge on any atom is -0.480 e. The molecule has 1 saturated heterocycles. The molecular formula is C26H33N3O6. The minimum atomic E-state index is -1.45. The first-order valence-corrected chi connectivity index (χ1v) is 11.8. The average Bonchev–Trinajstić information content (AvgIpc) is 3.18. The molecule has 1 aliphatic heterocycles. The molecule has 2 aromatic carbocycles. The smallest absolute Gasteiger partial charge is 0.322 e. The van der Waals surface area contributed by atoms with Crippen molar-refractivity contribution in [1.29, 1.82) is 0 Å². The summed E-state index contributed by atoms with van der Waals surface area (Å²) in [6, 6.07) is 16.6. The van der Waals surface area contributed by atoms with Gasteiger partial charge in [-0.05, 0) is 24.0 Å². The monoisotopic (exact) mass is 483 g/mol. The van der Waals surface area contributed by atoms with Crippen LogP contribution in [0.1, 0.15) is 44.4 Å². The van der Waals surface area contributed by atoms with Gasteiger partial charge in [0, 0.05) is 4.92 Å². The van der Waals surface area contributed by atoms with E-state index < -0.39 is 48.1 Å². The number of carboxylic acids is 1. The Kier molecular flexibility index (Phi) is 8.58. The minimum absolute atomic E-state index is 0.103. The fourth-order valence-corrected chi connectivity index (χ4v) is 4.95. The van der Waals surface area contributed by atoms with Gasteiger partial charge in [0.15, 0.2) is 0 Å². The number of ether oxygens (including phenoxy) is 1. The third-order valence-corrected chi connectivity index (χ3v) is 6.95. The van der Waals surface area contributed by atoms with E-state index >= 15 is 0 Å². The highest BCUT2D eigenvalue weighted by molar-refractivity contribution is 5.89. The molecule has 188 valence electrons. The van der Waals surface area contributed by atoms with E-state index in [9.17, 15) is 19.7 Å². The van der Waals surface area contributed by atoms with Crippen LogP contribution in [0.4, 0.5) is 0 Å². The number of amides is 1. The quantitative estimate of drug-likeness (QED) is 0.330. The van der Waals surface area contributed by atoms with Crippen LogP contribution in [0.5, 0.6) is 0 Å². The average molecular weight is 484 g/mol. The maximum atomic E-state index is 13.4. The van der Waals surface area contributed by atoms with Crippen LogP contribution in [0, 0.1) is 22.0 Å². The molecule has 1 amide bonds. The molecular weight excluding hydrogens is 450 g/mol. The largest absolute Gasteiger partial charge is 0.480 e. The van der Waals surface area contributed by atoms with Gasteiger partial charge in [-0.3, -0.25) is 25.0 Å². The summed E-state index contributed by atoms with van der Waals surface area (Å²) in [5, 5.41) is 27.3. The molecule has 35 heavy (non-hydrogen) atoms. The molecule has 9 nitrogen and oxygen atoms in total. The number of carbonyl (C=O) groups is 2. The van der Waals surface area contributed by atoms with Gasteiger partial charge in [-0.25, -0.2) is 0 Å². The fraction of sp³-hybridized carbons (Fsp3) is 0.462. The number of aliphatic carboxylic acids is 1. The molecule has 1 heterocycles. The van der Waals surface area contributed by atoms with Gasteiger partial charge in [-0.15, -0.1) is 0 Å². The lowest BCUT2D eigenvalue weighted by Gasteiger charge is -2.37. The lowest BCUT2D eigenvalue weighted by atomic mass is 9.74. The molecule has 0 radical (unpaired) electrons. The number of nitro groups is 1. The topological polar surface area (TPSA) is 131 Å². The van der Waals surface area contributed by atoms with Gasteiger partial charge in [0.1, 0.15) is 18.1 Å². The van der Waals surface area contributed by atoms with Crippen molar-refractivity contribution in [2.24, 2.45) is 11.8 Å². The summed E-state index contributed by atoms with van der Waals surface area (Å²) in [7, 11) is 0. The molecule has 0 saturated carbocycles. The van der Waals surface area contributed by atoms with Gasteiger partial charge < -0.3 is 15.2 Å². The summed E-state index contributed by atoms with van der Waals surface area (Å²) < 4.78 is 6.36. The summed E-state index contributed by atoms with van der Waals surface area (Å²) in [4.78, 5) is 36.7. The molecule has 0 aromatic heterocycles. The number of benzene rings is 2. The first-order chi connectivity index (χ1) is 16.7. The van der Waals surface area contributed by atoms with Gasteiger partial charge in [0.05, 0.1) is 18.6 Å². The standard InChI is InChI=1S/C26H33N3O6/c1-4-17(2)24(35-16-18-11-7-5-8-12-18)21-23(29(33)34)22(19-13-9-6-10-14-19)28-26(21,3)25(32)27-15-20(30)31/h5-14,17,21-24,28H,4,15-16H2,1-3H3,(H,27,32)(H,30,31)/t17-,21-,22-,23-,24-,26-/m0/s1. The molecule has 0 aliphatic carbocycles. The molecule has 1 fully saturated rings. The SMILES string of the molecule is CC[C@H](C)[C@H](OCc1ccccc1)[C@@H]1[C@H]([N+](=O)[O-])[C@H](c2ccccc2)N[C@]1(C)C(=O)NCC(=O)O. The van der Waals surface area contributed by atoms with Gasteiger partial charge in [-0.1, -0.05) is 80.9 Å². The van der Waals surface area contributed by atoms with E-state index in [-0.39, 0.29) is 17.4 Å². The summed E-state index contributed by atoms with van der Waals surface area (Å²) in [6.07, 6.45) is 0.0424. The van der Waals surface area contributed by atoms with Crippen LogP contribution < -0.4 is 10.6 Å². The zero-order valence-electron chi connectivity index (χ0n) is 20.2. The molecule has 3 N–H and O–H groups in total. The number of hydrogen-bond acceptors (Lipinski definition) is 6. The second-order valence-corrected chi connectivity index (χ2v) is 9.26. The molecule has 6 atom stereocenters. The number of rotatable bonds is 11. The first-order valence-electron chi connectivity index (χ1n) is 11.8. The summed E-state index contributed by atoms with van der Waals surface area (Å²) in [5.41, 5.74) is 0.152. The lowest BCUT2D eigenvalue weighted by Crippen LogP contribution is -2.60. The van der Waals surface area contributed by atoms with Gasteiger partial charge >= 0.3 is 5.97 Å². The van der Waals surface area contributed by atoms with E-state index in [0.717, 1.165) is 5.56 Å². The normalized spacial score (nSPS) is 25.5. The number of nitrogens with zero attached hydrogens (tertiary/aromatic N) is 1. The van der Waals surface area contributed by atoms with Crippen LogP contribution in [0.15, 0.2) is 60.7 Å². The molecule has 3 rings (SSSR count). The van der Waals surface area contributed by atoms with Crippen molar-refractivity contribution < 1.29 is 24.4 Å². The summed E-state index contributed by atoms with van der Waals surface area (Å²) in [5.74, 6) is -2.77. The highest BCUT2D eigenvalue weighted by Gasteiger charge is 2.64. The van der Waals surface area contributed by atoms with E-state index in [2.05, 4.69) is 10.6 Å². The van der Waals surface area contributed by atoms with Crippen LogP contribution in [-0.4, -0.2) is 46.1 Å². The molecule has 1 aliphatic rings. The predicted molar refractivity (Wildman–Crippen MR) is 130 cm³/mol.